The van der Waals surface area contributed by atoms with Gasteiger partial charge in [-0.15, -0.1) is 0 Å². The van der Waals surface area contributed by atoms with Gasteiger partial charge in [-0.3, -0.25) is 0 Å². The van der Waals surface area contributed by atoms with E-state index in [1.165, 1.54) is 0 Å². The summed E-state index contributed by atoms with van der Waals surface area (Å²) in [5, 5.41) is 10.7. The minimum atomic E-state index is -0.379. The number of rotatable bonds is 4. The molecule has 0 heterocycles. The quantitative estimate of drug-likeness (QED) is 0.543. The lowest BCUT2D eigenvalue weighted by Gasteiger charge is -2.13. The van der Waals surface area contributed by atoms with Crippen molar-refractivity contribution in [3.63, 3.8) is 0 Å². The van der Waals surface area contributed by atoms with Gasteiger partial charge < -0.3 is 0 Å². The van der Waals surface area contributed by atoms with Crippen molar-refractivity contribution in [1.82, 2.24) is 0 Å². The van der Waals surface area contributed by atoms with Gasteiger partial charge in [0.1, 0.15) is 0 Å². The Bertz CT molecular complexity index is 81.3. The van der Waals surface area contributed by atoms with Gasteiger partial charge in [-0.1, -0.05) is 36.4 Å². The Kier molecular flexibility index (Phi) is 5.72. The van der Waals surface area contributed by atoms with E-state index >= 15 is 0 Å². The topological polar surface area (TPSA) is 19.9 Å². The molecule has 2 unspecified atom stereocenters. The summed E-state index contributed by atoms with van der Waals surface area (Å²) in [4.78, 5) is 0. The molecule has 0 fully saturated rings. The van der Waals surface area contributed by atoms with Crippen LogP contribution in [-0.4, -0.2) is 10.0 Å². The molecule has 0 aromatic rings. The lowest BCUT2D eigenvalue weighted by Crippen LogP contribution is -2.09. The summed E-state index contributed by atoms with van der Waals surface area (Å²) in [6.07, 6.45) is 1.52. The molecule has 0 aliphatic heterocycles. The fraction of sp³-hybridized carbons (Fsp3) is 1.00. The van der Waals surface area contributed by atoms with Crippen molar-refractivity contribution in [2.45, 2.75) is 43.6 Å². The van der Waals surface area contributed by atoms with Crippen LogP contribution in [0.3, 0.4) is 0 Å². The minimum Gasteiger partial charge on any atom is -0.233 e. The third-order valence-electron chi connectivity index (χ3n) is 1.57. The Labute approximate surface area is 77.3 Å². The molecule has 0 bridgehead atoms. The minimum absolute atomic E-state index is 0.379. The average molecular weight is 255 g/mol. The molecular formula is C8H16IO. The molecule has 0 rings (SSSR count). The van der Waals surface area contributed by atoms with Crippen LogP contribution in [0.1, 0.15) is 33.6 Å². The second-order valence-electron chi connectivity index (χ2n) is 3.15. The van der Waals surface area contributed by atoms with Gasteiger partial charge in [-0.25, -0.2) is 5.11 Å². The highest BCUT2D eigenvalue weighted by atomic mass is 127. The predicted octanol–water partition coefficient (Wildman–Crippen LogP) is 3.05. The first kappa shape index (κ1) is 10.7. The normalized spacial score (nSPS) is 17.4. The molecule has 0 aliphatic carbocycles. The van der Waals surface area contributed by atoms with Crippen molar-refractivity contribution in [3.8, 4) is 0 Å². The zero-order valence-electron chi connectivity index (χ0n) is 6.93. The summed E-state index contributed by atoms with van der Waals surface area (Å²) in [5.74, 6) is 0.708. The fourth-order valence-corrected chi connectivity index (χ4v) is 1.09. The van der Waals surface area contributed by atoms with Crippen molar-refractivity contribution in [1.29, 1.82) is 0 Å². The molecule has 0 saturated carbocycles. The van der Waals surface area contributed by atoms with Crippen molar-refractivity contribution in [2.24, 2.45) is 5.92 Å². The molecule has 0 aliphatic rings. The first-order valence-corrected chi connectivity index (χ1v) is 5.08. The SMILES string of the molecule is CC([O])CCC(I)C(C)C. The smallest absolute Gasteiger partial charge is 0.0902 e. The summed E-state index contributed by atoms with van der Waals surface area (Å²) in [6, 6.07) is 0. The highest BCUT2D eigenvalue weighted by molar-refractivity contribution is 14.1. The van der Waals surface area contributed by atoms with Gasteiger partial charge in [0.25, 0.3) is 0 Å². The average Bonchev–Trinajstić information content (AvgIpc) is 1.82. The van der Waals surface area contributed by atoms with E-state index in [2.05, 4.69) is 36.4 Å². The molecule has 10 heavy (non-hydrogen) atoms. The summed E-state index contributed by atoms with van der Waals surface area (Å²) >= 11 is 2.43. The molecule has 61 valence electrons. The Morgan fingerprint density at radius 3 is 2.00 bits per heavy atom. The van der Waals surface area contributed by atoms with Gasteiger partial charge >= 0.3 is 0 Å². The lowest BCUT2D eigenvalue weighted by atomic mass is 10.0. The van der Waals surface area contributed by atoms with E-state index in [1.807, 2.05) is 0 Å². The first-order chi connectivity index (χ1) is 4.54. The van der Waals surface area contributed by atoms with Gasteiger partial charge in [0.05, 0.1) is 6.10 Å². The van der Waals surface area contributed by atoms with Crippen LogP contribution in [0.25, 0.3) is 0 Å². The third-order valence-corrected chi connectivity index (χ3v) is 3.63. The largest absolute Gasteiger partial charge is 0.233 e. The Morgan fingerprint density at radius 2 is 1.70 bits per heavy atom. The second-order valence-corrected chi connectivity index (χ2v) is 4.75. The van der Waals surface area contributed by atoms with Crippen molar-refractivity contribution in [2.75, 3.05) is 0 Å². The monoisotopic (exact) mass is 255 g/mol. The van der Waals surface area contributed by atoms with Crippen LogP contribution in [0, 0.1) is 5.92 Å². The van der Waals surface area contributed by atoms with Crippen molar-refractivity contribution >= 4 is 22.6 Å². The van der Waals surface area contributed by atoms with Crippen LogP contribution in [0.15, 0.2) is 0 Å². The van der Waals surface area contributed by atoms with E-state index < -0.39 is 0 Å². The van der Waals surface area contributed by atoms with Crippen molar-refractivity contribution in [3.05, 3.63) is 0 Å². The molecule has 2 heteroatoms. The molecule has 0 aromatic heterocycles. The number of hydrogen-bond donors (Lipinski definition) is 0. The molecular weight excluding hydrogens is 239 g/mol. The summed E-state index contributed by atoms with van der Waals surface area (Å²) in [6.45, 7) is 6.14. The number of halogens is 1. The highest BCUT2D eigenvalue weighted by Gasteiger charge is 2.09. The first-order valence-electron chi connectivity index (χ1n) is 3.84. The van der Waals surface area contributed by atoms with Gasteiger partial charge in [0.2, 0.25) is 0 Å². The maximum Gasteiger partial charge on any atom is 0.0902 e. The van der Waals surface area contributed by atoms with Gasteiger partial charge in [0, 0.05) is 3.92 Å². The van der Waals surface area contributed by atoms with E-state index in [0.29, 0.717) is 9.84 Å². The van der Waals surface area contributed by atoms with Crippen LogP contribution >= 0.6 is 22.6 Å². The third kappa shape index (κ3) is 5.47. The number of alkyl halides is 1. The highest BCUT2D eigenvalue weighted by Crippen LogP contribution is 2.18. The van der Waals surface area contributed by atoms with Crippen LogP contribution in [0.5, 0.6) is 0 Å². The zero-order chi connectivity index (χ0) is 8.15. The van der Waals surface area contributed by atoms with Crippen LogP contribution < -0.4 is 0 Å². The maximum atomic E-state index is 10.7. The van der Waals surface area contributed by atoms with Crippen LogP contribution in [0.4, 0.5) is 0 Å². The molecule has 2 atom stereocenters. The molecule has 0 amide bonds. The lowest BCUT2D eigenvalue weighted by molar-refractivity contribution is 0.0952. The van der Waals surface area contributed by atoms with Gasteiger partial charge in [-0.05, 0) is 25.7 Å². The number of hydrogen-bond acceptors (Lipinski definition) is 0. The van der Waals surface area contributed by atoms with Crippen LogP contribution in [-0.2, 0) is 5.11 Å². The van der Waals surface area contributed by atoms with E-state index in [9.17, 15) is 5.11 Å². The Hall–Kier alpha value is 0.690. The molecule has 0 spiro atoms. The molecule has 0 aromatic carbocycles. The Balaban J connectivity index is 3.30. The van der Waals surface area contributed by atoms with E-state index in [4.69, 9.17) is 0 Å². The van der Waals surface area contributed by atoms with Gasteiger partial charge in [-0.2, -0.15) is 0 Å². The van der Waals surface area contributed by atoms with Gasteiger partial charge in [0.15, 0.2) is 0 Å². The molecule has 0 saturated heterocycles. The molecule has 1 nitrogen and oxygen atoms in total. The predicted molar refractivity (Wildman–Crippen MR) is 52.0 cm³/mol. The Morgan fingerprint density at radius 1 is 1.20 bits per heavy atom. The zero-order valence-corrected chi connectivity index (χ0v) is 9.09. The fourth-order valence-electron chi connectivity index (χ4n) is 0.727. The van der Waals surface area contributed by atoms with Crippen LogP contribution in [0.2, 0.25) is 0 Å². The molecule has 0 N–H and O–H groups in total. The van der Waals surface area contributed by atoms with E-state index in [1.54, 1.807) is 6.92 Å². The standard InChI is InChI=1S/C8H16IO/c1-6(2)8(9)5-4-7(3)10/h6-8H,4-5H2,1-3H3. The summed E-state index contributed by atoms with van der Waals surface area (Å²) < 4.78 is 0.675. The van der Waals surface area contributed by atoms with Crippen molar-refractivity contribution < 1.29 is 5.11 Å². The van der Waals surface area contributed by atoms with E-state index in [-0.39, 0.29) is 6.10 Å². The summed E-state index contributed by atoms with van der Waals surface area (Å²) in [7, 11) is 0. The summed E-state index contributed by atoms with van der Waals surface area (Å²) in [5.41, 5.74) is 0. The maximum absolute atomic E-state index is 10.7. The van der Waals surface area contributed by atoms with E-state index in [0.717, 1.165) is 12.8 Å². The second kappa shape index (κ2) is 5.35. The molecule has 1 radical (unpaired) electrons.